The summed E-state index contributed by atoms with van der Waals surface area (Å²) < 4.78 is 0. The van der Waals surface area contributed by atoms with Gasteiger partial charge in [0, 0.05) is 24.5 Å². The van der Waals surface area contributed by atoms with Gasteiger partial charge < -0.3 is 10.6 Å². The van der Waals surface area contributed by atoms with Gasteiger partial charge in [0.15, 0.2) is 0 Å². The van der Waals surface area contributed by atoms with E-state index in [2.05, 4.69) is 15.6 Å². The van der Waals surface area contributed by atoms with Crippen molar-refractivity contribution < 1.29 is 4.79 Å². The minimum Gasteiger partial charge on any atom is -0.382 e. The van der Waals surface area contributed by atoms with E-state index in [4.69, 9.17) is 0 Å². The van der Waals surface area contributed by atoms with Crippen molar-refractivity contribution >= 4 is 11.6 Å². The lowest BCUT2D eigenvalue weighted by atomic mass is 10.2. The topological polar surface area (TPSA) is 54.0 Å². The van der Waals surface area contributed by atoms with Gasteiger partial charge in [-0.05, 0) is 31.9 Å². The molecule has 17 heavy (non-hydrogen) atoms. The van der Waals surface area contributed by atoms with Crippen LogP contribution < -0.4 is 10.6 Å². The van der Waals surface area contributed by atoms with Gasteiger partial charge in [-0.3, -0.25) is 9.78 Å². The zero-order chi connectivity index (χ0) is 12.1. The minimum absolute atomic E-state index is 0.109. The van der Waals surface area contributed by atoms with E-state index >= 15 is 0 Å². The summed E-state index contributed by atoms with van der Waals surface area (Å²) in [7, 11) is 0. The Morgan fingerprint density at radius 2 is 2.24 bits per heavy atom. The Kier molecular flexibility index (Phi) is 3.96. The van der Waals surface area contributed by atoms with Gasteiger partial charge in [-0.2, -0.15) is 0 Å². The Labute approximate surface area is 102 Å². The second-order valence-corrected chi connectivity index (χ2v) is 4.41. The van der Waals surface area contributed by atoms with Crippen LogP contribution in [0, 0.1) is 0 Å². The molecule has 0 spiro atoms. The molecule has 0 atom stereocenters. The van der Waals surface area contributed by atoms with Gasteiger partial charge in [-0.1, -0.05) is 12.8 Å². The van der Waals surface area contributed by atoms with Crippen LogP contribution in [0.25, 0.3) is 0 Å². The van der Waals surface area contributed by atoms with Gasteiger partial charge in [0.25, 0.3) is 5.91 Å². The summed E-state index contributed by atoms with van der Waals surface area (Å²) in [6.45, 7) is 2.53. The molecule has 0 unspecified atom stereocenters. The van der Waals surface area contributed by atoms with Crippen molar-refractivity contribution in [2.45, 2.75) is 38.6 Å². The molecule has 1 fully saturated rings. The predicted molar refractivity (Wildman–Crippen MR) is 68.1 cm³/mol. The number of hydrogen-bond donors (Lipinski definition) is 2. The molecule has 0 aromatic carbocycles. The van der Waals surface area contributed by atoms with Gasteiger partial charge >= 0.3 is 0 Å². The number of nitrogens with zero attached hydrogens (tertiary/aromatic N) is 1. The van der Waals surface area contributed by atoms with Crippen molar-refractivity contribution in [1.82, 2.24) is 10.3 Å². The van der Waals surface area contributed by atoms with Crippen LogP contribution in [0.5, 0.6) is 0 Å². The van der Waals surface area contributed by atoms with Gasteiger partial charge in [0.2, 0.25) is 0 Å². The number of anilines is 1. The average Bonchev–Trinajstić information content (AvgIpc) is 2.82. The van der Waals surface area contributed by atoms with Crippen LogP contribution in [0.1, 0.15) is 43.1 Å². The van der Waals surface area contributed by atoms with Gasteiger partial charge in [-0.25, -0.2) is 0 Å². The largest absolute Gasteiger partial charge is 0.382 e. The number of pyridine rings is 1. The SMILES string of the molecule is CCNC(=O)c1cc(NC2CCCC2)ccn1. The first-order valence-corrected chi connectivity index (χ1v) is 6.30. The highest BCUT2D eigenvalue weighted by atomic mass is 16.1. The third-order valence-corrected chi connectivity index (χ3v) is 3.06. The molecular formula is C13H19N3O. The number of nitrogens with one attached hydrogen (secondary N) is 2. The smallest absolute Gasteiger partial charge is 0.269 e. The number of amides is 1. The molecule has 1 amide bonds. The fourth-order valence-electron chi connectivity index (χ4n) is 2.20. The predicted octanol–water partition coefficient (Wildman–Crippen LogP) is 2.19. The molecule has 2 rings (SSSR count). The number of aromatic nitrogens is 1. The third kappa shape index (κ3) is 3.19. The average molecular weight is 233 g/mol. The van der Waals surface area contributed by atoms with Crippen LogP contribution in [0.3, 0.4) is 0 Å². The van der Waals surface area contributed by atoms with E-state index in [0.29, 0.717) is 18.3 Å². The number of hydrogen-bond acceptors (Lipinski definition) is 3. The highest BCUT2D eigenvalue weighted by molar-refractivity contribution is 5.93. The maximum absolute atomic E-state index is 11.6. The molecule has 0 bridgehead atoms. The molecule has 1 aliphatic carbocycles. The van der Waals surface area contributed by atoms with Crippen molar-refractivity contribution in [3.63, 3.8) is 0 Å². The first kappa shape index (κ1) is 11.9. The fraction of sp³-hybridized carbons (Fsp3) is 0.538. The van der Waals surface area contributed by atoms with E-state index in [0.717, 1.165) is 5.69 Å². The molecule has 1 heterocycles. The van der Waals surface area contributed by atoms with Crippen LogP contribution in [0.2, 0.25) is 0 Å². The lowest BCUT2D eigenvalue weighted by Gasteiger charge is -2.13. The number of rotatable bonds is 4. The Hall–Kier alpha value is -1.58. The summed E-state index contributed by atoms with van der Waals surface area (Å²) in [6.07, 6.45) is 6.72. The van der Waals surface area contributed by atoms with E-state index in [-0.39, 0.29) is 5.91 Å². The molecule has 4 nitrogen and oxygen atoms in total. The fourth-order valence-corrected chi connectivity index (χ4v) is 2.20. The van der Waals surface area contributed by atoms with Gasteiger partial charge in [0.1, 0.15) is 5.69 Å². The molecule has 1 aromatic heterocycles. The number of carbonyl (C=O) groups is 1. The first-order chi connectivity index (χ1) is 8.29. The van der Waals surface area contributed by atoms with Crippen molar-refractivity contribution in [2.75, 3.05) is 11.9 Å². The molecule has 1 saturated carbocycles. The highest BCUT2D eigenvalue weighted by Gasteiger charge is 2.15. The Morgan fingerprint density at radius 1 is 1.47 bits per heavy atom. The molecule has 0 aliphatic heterocycles. The third-order valence-electron chi connectivity index (χ3n) is 3.06. The summed E-state index contributed by atoms with van der Waals surface area (Å²) in [5, 5.41) is 6.21. The second-order valence-electron chi connectivity index (χ2n) is 4.41. The van der Waals surface area contributed by atoms with E-state index in [1.807, 2.05) is 19.1 Å². The van der Waals surface area contributed by atoms with Crippen molar-refractivity contribution in [1.29, 1.82) is 0 Å². The maximum atomic E-state index is 11.6. The van der Waals surface area contributed by atoms with Gasteiger partial charge in [0.05, 0.1) is 0 Å². The summed E-state index contributed by atoms with van der Waals surface area (Å²) >= 11 is 0. The Bertz CT molecular complexity index is 386. The van der Waals surface area contributed by atoms with Crippen LogP contribution in [-0.2, 0) is 0 Å². The molecule has 1 aliphatic rings. The lowest BCUT2D eigenvalue weighted by molar-refractivity contribution is 0.0951. The van der Waals surface area contributed by atoms with E-state index in [1.54, 1.807) is 6.20 Å². The summed E-state index contributed by atoms with van der Waals surface area (Å²) in [4.78, 5) is 15.7. The quantitative estimate of drug-likeness (QED) is 0.838. The second kappa shape index (κ2) is 5.66. The molecule has 1 aromatic rings. The van der Waals surface area contributed by atoms with E-state index in [9.17, 15) is 4.79 Å². The molecule has 0 radical (unpaired) electrons. The lowest BCUT2D eigenvalue weighted by Crippen LogP contribution is -2.24. The summed E-state index contributed by atoms with van der Waals surface area (Å²) in [5.41, 5.74) is 1.48. The van der Waals surface area contributed by atoms with E-state index in [1.165, 1.54) is 25.7 Å². The minimum atomic E-state index is -0.109. The van der Waals surface area contributed by atoms with Gasteiger partial charge in [-0.15, -0.1) is 0 Å². The van der Waals surface area contributed by atoms with E-state index < -0.39 is 0 Å². The van der Waals surface area contributed by atoms with Crippen molar-refractivity contribution in [3.8, 4) is 0 Å². The molecule has 0 saturated heterocycles. The number of carbonyl (C=O) groups excluding carboxylic acids is 1. The molecule has 92 valence electrons. The standard InChI is InChI=1S/C13H19N3O/c1-2-14-13(17)12-9-11(7-8-15-12)16-10-5-3-4-6-10/h7-10H,2-6H2,1H3,(H,14,17)(H,15,16). The summed E-state index contributed by atoms with van der Waals surface area (Å²) in [6, 6.07) is 4.30. The Morgan fingerprint density at radius 3 is 2.94 bits per heavy atom. The zero-order valence-corrected chi connectivity index (χ0v) is 10.2. The molecule has 4 heteroatoms. The zero-order valence-electron chi connectivity index (χ0n) is 10.2. The van der Waals surface area contributed by atoms with Crippen molar-refractivity contribution in [3.05, 3.63) is 24.0 Å². The molecular weight excluding hydrogens is 214 g/mol. The molecule has 2 N–H and O–H groups in total. The monoisotopic (exact) mass is 233 g/mol. The van der Waals surface area contributed by atoms with Crippen LogP contribution in [-0.4, -0.2) is 23.5 Å². The van der Waals surface area contributed by atoms with Crippen LogP contribution >= 0.6 is 0 Å². The van der Waals surface area contributed by atoms with Crippen molar-refractivity contribution in [2.24, 2.45) is 0 Å². The highest BCUT2D eigenvalue weighted by Crippen LogP contribution is 2.22. The van der Waals surface area contributed by atoms with Crippen LogP contribution in [0.15, 0.2) is 18.3 Å². The van der Waals surface area contributed by atoms with Crippen LogP contribution in [0.4, 0.5) is 5.69 Å². The first-order valence-electron chi connectivity index (χ1n) is 6.30. The normalized spacial score (nSPS) is 15.8. The Balaban J connectivity index is 2.02. The maximum Gasteiger partial charge on any atom is 0.269 e. The summed E-state index contributed by atoms with van der Waals surface area (Å²) in [5.74, 6) is -0.109.